The van der Waals surface area contributed by atoms with Gasteiger partial charge in [0, 0.05) is 6.92 Å². The lowest BCUT2D eigenvalue weighted by molar-refractivity contribution is -0.179. The molecular formula is C9H17NO4. The van der Waals surface area contributed by atoms with E-state index in [1.54, 1.807) is 0 Å². The number of carbonyl (C=O) groups excluding carboxylic acids is 2. The van der Waals surface area contributed by atoms with E-state index in [-0.39, 0.29) is 11.9 Å². The van der Waals surface area contributed by atoms with Gasteiger partial charge in [0.15, 0.2) is 0 Å². The first-order valence-corrected chi connectivity index (χ1v) is 4.34. The van der Waals surface area contributed by atoms with Crippen LogP contribution in [0.4, 0.5) is 0 Å². The molecule has 5 heteroatoms. The molecule has 0 fully saturated rings. The summed E-state index contributed by atoms with van der Waals surface area (Å²) in [5.74, 6) is -0.577. The van der Waals surface area contributed by atoms with Crippen LogP contribution in [0.5, 0.6) is 0 Å². The highest BCUT2D eigenvalue weighted by atomic mass is 16.7. The molecule has 0 saturated carbocycles. The van der Waals surface area contributed by atoms with E-state index in [0.29, 0.717) is 0 Å². The summed E-state index contributed by atoms with van der Waals surface area (Å²) in [4.78, 5) is 21.3. The Balaban J connectivity index is 4.15. The molecule has 0 amide bonds. The second-order valence-electron chi connectivity index (χ2n) is 4.08. The zero-order valence-electron chi connectivity index (χ0n) is 8.94. The van der Waals surface area contributed by atoms with E-state index < -0.39 is 18.3 Å². The number of rotatable bonds is 4. The average Bonchev–Trinajstić information content (AvgIpc) is 2.01. The van der Waals surface area contributed by atoms with Crippen molar-refractivity contribution in [2.45, 2.75) is 40.0 Å². The standard InChI is InChI=1S/C9H17NO4/c1-6(13-5-11)14-8(12)7(10)9(2,3)4/h5-7H,10H2,1-4H3/t6-,7+/m0/s1. The molecule has 0 aromatic carbocycles. The lowest BCUT2D eigenvalue weighted by Crippen LogP contribution is -2.44. The maximum Gasteiger partial charge on any atom is 0.326 e. The van der Waals surface area contributed by atoms with Crippen molar-refractivity contribution in [3.05, 3.63) is 0 Å². The number of carbonyl (C=O) groups is 2. The van der Waals surface area contributed by atoms with Gasteiger partial charge in [-0.2, -0.15) is 0 Å². The van der Waals surface area contributed by atoms with Crippen LogP contribution >= 0.6 is 0 Å². The first kappa shape index (κ1) is 12.9. The number of hydrogen-bond donors (Lipinski definition) is 1. The zero-order chi connectivity index (χ0) is 11.4. The van der Waals surface area contributed by atoms with Gasteiger partial charge in [0.1, 0.15) is 6.04 Å². The van der Waals surface area contributed by atoms with Crippen molar-refractivity contribution in [2.75, 3.05) is 0 Å². The van der Waals surface area contributed by atoms with Gasteiger partial charge in [-0.1, -0.05) is 20.8 Å². The minimum absolute atomic E-state index is 0.223. The van der Waals surface area contributed by atoms with Crippen molar-refractivity contribution < 1.29 is 19.1 Å². The van der Waals surface area contributed by atoms with Crippen molar-refractivity contribution in [1.29, 1.82) is 0 Å². The summed E-state index contributed by atoms with van der Waals surface area (Å²) >= 11 is 0. The number of esters is 1. The second-order valence-corrected chi connectivity index (χ2v) is 4.08. The Morgan fingerprint density at radius 1 is 1.43 bits per heavy atom. The maximum absolute atomic E-state index is 11.3. The Hall–Kier alpha value is -1.10. The highest BCUT2D eigenvalue weighted by Gasteiger charge is 2.29. The Kier molecular flexibility index (Phi) is 4.56. The quantitative estimate of drug-likeness (QED) is 0.407. The molecule has 2 N–H and O–H groups in total. The monoisotopic (exact) mass is 203 g/mol. The van der Waals surface area contributed by atoms with Gasteiger partial charge in [-0.05, 0) is 5.41 Å². The van der Waals surface area contributed by atoms with Crippen molar-refractivity contribution in [3.63, 3.8) is 0 Å². The molecule has 82 valence electrons. The van der Waals surface area contributed by atoms with Crippen molar-refractivity contribution in [1.82, 2.24) is 0 Å². The third-order valence-corrected chi connectivity index (χ3v) is 1.72. The summed E-state index contributed by atoms with van der Waals surface area (Å²) in [7, 11) is 0. The fourth-order valence-corrected chi connectivity index (χ4v) is 0.696. The Morgan fingerprint density at radius 3 is 2.29 bits per heavy atom. The van der Waals surface area contributed by atoms with Gasteiger partial charge in [0.2, 0.25) is 6.29 Å². The third-order valence-electron chi connectivity index (χ3n) is 1.72. The maximum atomic E-state index is 11.3. The highest BCUT2D eigenvalue weighted by Crippen LogP contribution is 2.18. The van der Waals surface area contributed by atoms with Gasteiger partial charge in [-0.15, -0.1) is 0 Å². The van der Waals surface area contributed by atoms with Gasteiger partial charge in [-0.25, -0.2) is 0 Å². The molecule has 2 atom stereocenters. The van der Waals surface area contributed by atoms with Crippen molar-refractivity contribution in [3.8, 4) is 0 Å². The largest absolute Gasteiger partial charge is 0.428 e. The molecule has 0 aromatic rings. The average molecular weight is 203 g/mol. The smallest absolute Gasteiger partial charge is 0.326 e. The molecule has 0 heterocycles. The molecule has 0 rings (SSSR count). The predicted molar refractivity (Wildman–Crippen MR) is 50.1 cm³/mol. The summed E-state index contributed by atoms with van der Waals surface area (Å²) in [6, 6.07) is -0.736. The second kappa shape index (κ2) is 4.95. The molecule has 0 saturated heterocycles. The summed E-state index contributed by atoms with van der Waals surface area (Å²) in [5, 5.41) is 0. The van der Waals surface area contributed by atoms with E-state index in [0.717, 1.165) is 0 Å². The lowest BCUT2D eigenvalue weighted by Gasteiger charge is -2.25. The summed E-state index contributed by atoms with van der Waals surface area (Å²) in [5.41, 5.74) is 5.24. The van der Waals surface area contributed by atoms with E-state index in [1.165, 1.54) is 6.92 Å². The Bertz CT molecular complexity index is 209. The summed E-state index contributed by atoms with van der Waals surface area (Å²) in [6.45, 7) is 7.14. The van der Waals surface area contributed by atoms with Crippen molar-refractivity contribution in [2.24, 2.45) is 11.1 Å². The molecular weight excluding hydrogens is 186 g/mol. The molecule has 0 spiro atoms. The zero-order valence-corrected chi connectivity index (χ0v) is 8.94. The van der Waals surface area contributed by atoms with Crippen LogP contribution in [0, 0.1) is 5.41 Å². The van der Waals surface area contributed by atoms with Crippen LogP contribution in [-0.4, -0.2) is 24.8 Å². The summed E-state index contributed by atoms with van der Waals surface area (Å²) < 4.78 is 9.16. The fraction of sp³-hybridized carbons (Fsp3) is 0.778. The molecule has 0 aliphatic carbocycles. The van der Waals surface area contributed by atoms with Gasteiger partial charge in [0.05, 0.1) is 0 Å². The molecule has 0 bridgehead atoms. The van der Waals surface area contributed by atoms with Gasteiger partial charge in [0.25, 0.3) is 6.47 Å². The molecule has 0 aliphatic rings. The molecule has 0 aromatic heterocycles. The van der Waals surface area contributed by atoms with Crippen LogP contribution in [0.25, 0.3) is 0 Å². The molecule has 0 unspecified atom stereocenters. The van der Waals surface area contributed by atoms with E-state index in [2.05, 4.69) is 4.74 Å². The van der Waals surface area contributed by atoms with Crippen LogP contribution in [-0.2, 0) is 19.1 Å². The first-order chi connectivity index (χ1) is 6.29. The normalized spacial score (nSPS) is 15.5. The van der Waals surface area contributed by atoms with Crippen LogP contribution in [0.3, 0.4) is 0 Å². The highest BCUT2D eigenvalue weighted by molar-refractivity contribution is 5.76. The fourth-order valence-electron chi connectivity index (χ4n) is 0.696. The van der Waals surface area contributed by atoms with Gasteiger partial charge >= 0.3 is 5.97 Å². The third kappa shape index (κ3) is 4.23. The topological polar surface area (TPSA) is 78.6 Å². The van der Waals surface area contributed by atoms with E-state index >= 15 is 0 Å². The molecule has 5 nitrogen and oxygen atoms in total. The number of hydrogen-bond acceptors (Lipinski definition) is 5. The van der Waals surface area contributed by atoms with Crippen LogP contribution in [0.2, 0.25) is 0 Å². The predicted octanol–water partition coefficient (Wildman–Crippen LogP) is 0.422. The van der Waals surface area contributed by atoms with Crippen LogP contribution in [0.1, 0.15) is 27.7 Å². The van der Waals surface area contributed by atoms with Crippen molar-refractivity contribution >= 4 is 12.4 Å². The number of nitrogens with two attached hydrogens (primary N) is 1. The number of ether oxygens (including phenoxy) is 2. The van der Waals surface area contributed by atoms with E-state index in [1.807, 2.05) is 20.8 Å². The molecule has 0 radical (unpaired) electrons. The van der Waals surface area contributed by atoms with Crippen LogP contribution in [0.15, 0.2) is 0 Å². The lowest BCUT2D eigenvalue weighted by atomic mass is 9.87. The first-order valence-electron chi connectivity index (χ1n) is 4.34. The Labute approximate surface area is 83.5 Å². The van der Waals surface area contributed by atoms with Crippen LogP contribution < -0.4 is 5.73 Å². The van der Waals surface area contributed by atoms with Gasteiger partial charge in [-0.3, -0.25) is 9.59 Å². The minimum Gasteiger partial charge on any atom is -0.428 e. The molecule has 14 heavy (non-hydrogen) atoms. The Morgan fingerprint density at radius 2 is 1.93 bits per heavy atom. The van der Waals surface area contributed by atoms with Gasteiger partial charge < -0.3 is 15.2 Å². The SMILES string of the molecule is C[C@@H](OC=O)OC(=O)[C@@H](N)C(C)(C)C. The van der Waals surface area contributed by atoms with E-state index in [9.17, 15) is 9.59 Å². The molecule has 0 aliphatic heterocycles. The minimum atomic E-state index is -0.895. The summed E-state index contributed by atoms with van der Waals surface area (Å²) in [6.07, 6.45) is -0.895. The van der Waals surface area contributed by atoms with E-state index in [4.69, 9.17) is 10.5 Å².